The lowest BCUT2D eigenvalue weighted by Gasteiger charge is -2.06. The summed E-state index contributed by atoms with van der Waals surface area (Å²) in [7, 11) is 0. The zero-order valence-corrected chi connectivity index (χ0v) is 10.3. The molecule has 0 heterocycles. The van der Waals surface area contributed by atoms with Gasteiger partial charge in [-0.05, 0) is 12.0 Å². The Kier molecular flexibility index (Phi) is 4.70. The van der Waals surface area contributed by atoms with E-state index < -0.39 is 0 Å². The lowest BCUT2D eigenvalue weighted by atomic mass is 10.0. The average Bonchev–Trinajstić information content (AvgIpc) is 2.31. The molecule has 1 nitrogen and oxygen atoms in total. The predicted octanol–water partition coefficient (Wildman–Crippen LogP) is 3.89. The van der Waals surface area contributed by atoms with Crippen LogP contribution in [0, 0.1) is 11.7 Å². The fourth-order valence-electron chi connectivity index (χ4n) is 1.32. The van der Waals surface area contributed by atoms with Crippen molar-refractivity contribution >= 4 is 5.57 Å². The molecule has 0 unspecified atom stereocenters. The zero-order chi connectivity index (χ0) is 12.8. The number of rotatable bonds is 4. The van der Waals surface area contributed by atoms with Gasteiger partial charge in [-0.15, -0.1) is 0 Å². The van der Waals surface area contributed by atoms with Gasteiger partial charge in [-0.25, -0.2) is 4.39 Å². The van der Waals surface area contributed by atoms with Crippen molar-refractivity contribution in [3.8, 4) is 0 Å². The van der Waals surface area contributed by atoms with Gasteiger partial charge in [0.1, 0.15) is 5.82 Å². The van der Waals surface area contributed by atoms with Crippen LogP contribution >= 0.6 is 0 Å². The molecule has 0 radical (unpaired) electrons. The third-order valence-electron chi connectivity index (χ3n) is 2.58. The molecular weight excluding hydrogens is 213 g/mol. The van der Waals surface area contributed by atoms with Gasteiger partial charge in [-0.2, -0.15) is 0 Å². The summed E-state index contributed by atoms with van der Waals surface area (Å²) in [5.74, 6) is 0.0925. The highest BCUT2D eigenvalue weighted by Crippen LogP contribution is 2.19. The third-order valence-corrected chi connectivity index (χ3v) is 2.58. The number of benzene rings is 1. The average molecular weight is 231 g/mol. The first-order valence-corrected chi connectivity index (χ1v) is 5.60. The fourth-order valence-corrected chi connectivity index (χ4v) is 1.32. The molecule has 0 aliphatic heterocycles. The van der Waals surface area contributed by atoms with Crippen molar-refractivity contribution in [3.05, 3.63) is 66.2 Å². The Morgan fingerprint density at radius 1 is 1.29 bits per heavy atom. The van der Waals surface area contributed by atoms with Crippen LogP contribution in [0.2, 0.25) is 0 Å². The van der Waals surface area contributed by atoms with Gasteiger partial charge < -0.3 is 5.73 Å². The highest BCUT2D eigenvalue weighted by molar-refractivity contribution is 5.74. The van der Waals surface area contributed by atoms with E-state index in [1.54, 1.807) is 24.3 Å². The first-order valence-electron chi connectivity index (χ1n) is 5.60. The first-order chi connectivity index (χ1) is 8.06. The van der Waals surface area contributed by atoms with E-state index in [1.807, 2.05) is 6.08 Å². The molecule has 0 bridgehead atoms. The van der Waals surface area contributed by atoms with Crippen LogP contribution in [0.3, 0.4) is 0 Å². The van der Waals surface area contributed by atoms with Crippen molar-refractivity contribution in [2.24, 2.45) is 11.7 Å². The molecule has 17 heavy (non-hydrogen) atoms. The normalized spacial score (nSPS) is 12.4. The van der Waals surface area contributed by atoms with Crippen LogP contribution in [-0.4, -0.2) is 0 Å². The van der Waals surface area contributed by atoms with E-state index in [0.29, 0.717) is 17.1 Å². The van der Waals surface area contributed by atoms with Crippen molar-refractivity contribution in [1.29, 1.82) is 0 Å². The second-order valence-corrected chi connectivity index (χ2v) is 4.16. The molecule has 0 saturated heterocycles. The molecule has 2 heteroatoms. The van der Waals surface area contributed by atoms with E-state index in [4.69, 9.17) is 5.73 Å². The molecule has 1 aromatic rings. The van der Waals surface area contributed by atoms with Crippen LogP contribution in [-0.2, 0) is 0 Å². The Morgan fingerprint density at radius 2 is 1.94 bits per heavy atom. The van der Waals surface area contributed by atoms with Crippen LogP contribution in [0.15, 0.2) is 54.8 Å². The molecule has 0 aliphatic carbocycles. The summed E-state index contributed by atoms with van der Waals surface area (Å²) < 4.78 is 13.6. The fraction of sp³-hybridized carbons (Fsp3) is 0.200. The molecule has 1 rings (SSSR count). The van der Waals surface area contributed by atoms with Crippen molar-refractivity contribution in [1.82, 2.24) is 0 Å². The number of hydrogen-bond acceptors (Lipinski definition) is 1. The first kappa shape index (κ1) is 13.2. The minimum Gasteiger partial charge on any atom is -0.404 e. The summed E-state index contributed by atoms with van der Waals surface area (Å²) >= 11 is 0. The van der Waals surface area contributed by atoms with Crippen molar-refractivity contribution in [3.63, 3.8) is 0 Å². The topological polar surface area (TPSA) is 26.0 Å². The summed E-state index contributed by atoms with van der Waals surface area (Å²) in [4.78, 5) is 0. The van der Waals surface area contributed by atoms with E-state index in [-0.39, 0.29) is 5.82 Å². The Balaban J connectivity index is 2.96. The molecule has 0 spiro atoms. The molecule has 90 valence electrons. The minimum atomic E-state index is -0.274. The molecule has 0 aromatic heterocycles. The van der Waals surface area contributed by atoms with Gasteiger partial charge in [0.25, 0.3) is 0 Å². The van der Waals surface area contributed by atoms with E-state index in [2.05, 4.69) is 20.4 Å². The second-order valence-electron chi connectivity index (χ2n) is 4.16. The molecule has 2 N–H and O–H groups in total. The summed E-state index contributed by atoms with van der Waals surface area (Å²) in [5, 5.41) is 0. The molecule has 0 amide bonds. The largest absolute Gasteiger partial charge is 0.404 e. The van der Waals surface area contributed by atoms with Crippen LogP contribution < -0.4 is 5.73 Å². The Bertz CT molecular complexity index is 456. The van der Waals surface area contributed by atoms with Gasteiger partial charge in [-0.1, -0.05) is 56.4 Å². The smallest absolute Gasteiger partial charge is 0.131 e. The van der Waals surface area contributed by atoms with Gasteiger partial charge in [0.2, 0.25) is 0 Å². The minimum absolute atomic E-state index is 0.274. The molecular formula is C15H18FN. The number of hydrogen-bond donors (Lipinski definition) is 1. The molecule has 1 aromatic carbocycles. The highest BCUT2D eigenvalue weighted by atomic mass is 19.1. The lowest BCUT2D eigenvalue weighted by molar-refractivity contribution is 0.624. The monoisotopic (exact) mass is 231 g/mol. The van der Waals surface area contributed by atoms with E-state index in [9.17, 15) is 4.39 Å². The van der Waals surface area contributed by atoms with Crippen LogP contribution in [0.25, 0.3) is 5.57 Å². The highest BCUT2D eigenvalue weighted by Gasteiger charge is 2.04. The molecule has 0 fully saturated rings. The Hall–Kier alpha value is -1.83. The zero-order valence-electron chi connectivity index (χ0n) is 10.3. The van der Waals surface area contributed by atoms with E-state index >= 15 is 0 Å². The van der Waals surface area contributed by atoms with Crippen LogP contribution in [0.4, 0.5) is 4.39 Å². The number of halogens is 1. The molecule has 0 saturated carbocycles. The SMILES string of the molecule is C=C(/C=C\C(=C/N)c1ccccc1F)C(C)C. The summed E-state index contributed by atoms with van der Waals surface area (Å²) in [6.07, 6.45) is 5.07. The number of allylic oxidation sites excluding steroid dienone is 4. The van der Waals surface area contributed by atoms with Gasteiger partial charge in [0, 0.05) is 17.3 Å². The predicted molar refractivity (Wildman–Crippen MR) is 71.7 cm³/mol. The van der Waals surface area contributed by atoms with E-state index in [1.165, 1.54) is 12.3 Å². The van der Waals surface area contributed by atoms with Crippen LogP contribution in [0.5, 0.6) is 0 Å². The Labute approximate surface area is 102 Å². The second kappa shape index (κ2) is 6.04. The maximum Gasteiger partial charge on any atom is 0.131 e. The van der Waals surface area contributed by atoms with Gasteiger partial charge >= 0.3 is 0 Å². The van der Waals surface area contributed by atoms with E-state index in [0.717, 1.165) is 5.57 Å². The molecule has 0 aliphatic rings. The maximum atomic E-state index is 13.6. The van der Waals surface area contributed by atoms with Gasteiger partial charge in [0.15, 0.2) is 0 Å². The van der Waals surface area contributed by atoms with Crippen molar-refractivity contribution < 1.29 is 4.39 Å². The van der Waals surface area contributed by atoms with Gasteiger partial charge in [-0.3, -0.25) is 0 Å². The molecule has 0 atom stereocenters. The Morgan fingerprint density at radius 3 is 2.47 bits per heavy atom. The third kappa shape index (κ3) is 3.59. The summed E-state index contributed by atoms with van der Waals surface area (Å²) in [5.41, 5.74) is 7.67. The summed E-state index contributed by atoms with van der Waals surface area (Å²) in [6, 6.07) is 6.57. The maximum absolute atomic E-state index is 13.6. The summed E-state index contributed by atoms with van der Waals surface area (Å²) in [6.45, 7) is 8.04. The van der Waals surface area contributed by atoms with Gasteiger partial charge in [0.05, 0.1) is 0 Å². The van der Waals surface area contributed by atoms with Crippen LogP contribution in [0.1, 0.15) is 19.4 Å². The van der Waals surface area contributed by atoms with Crippen molar-refractivity contribution in [2.75, 3.05) is 0 Å². The lowest BCUT2D eigenvalue weighted by Crippen LogP contribution is -1.92. The number of nitrogens with two attached hydrogens (primary N) is 1. The van der Waals surface area contributed by atoms with Crippen molar-refractivity contribution in [2.45, 2.75) is 13.8 Å². The standard InChI is InChI=1S/C15H18FN/c1-11(2)12(3)8-9-13(10-17)14-6-4-5-7-15(14)16/h4-11H,3,17H2,1-2H3/b9-8-,13-10+. The quantitative estimate of drug-likeness (QED) is 0.781.